The van der Waals surface area contributed by atoms with Gasteiger partial charge in [-0.2, -0.15) is 0 Å². The zero-order valence-corrected chi connectivity index (χ0v) is 12.1. The van der Waals surface area contributed by atoms with Crippen molar-refractivity contribution in [3.63, 3.8) is 0 Å². The Morgan fingerprint density at radius 3 is 2.44 bits per heavy atom. The molecule has 98 valence electrons. The molecule has 0 bridgehead atoms. The lowest BCUT2D eigenvalue weighted by atomic mass is 9.77. The van der Waals surface area contributed by atoms with Gasteiger partial charge in [0.05, 0.1) is 6.10 Å². The Hall–Kier alpha value is -0.180. The Morgan fingerprint density at radius 1 is 1.11 bits per heavy atom. The molecule has 1 saturated heterocycles. The Balaban J connectivity index is 1.73. The number of hydrogen-bond acceptors (Lipinski definition) is 2. The fourth-order valence-corrected chi connectivity index (χ4v) is 4.59. The first-order valence-electron chi connectivity index (χ1n) is 6.85. The lowest BCUT2D eigenvalue weighted by Crippen LogP contribution is -2.48. The normalized spacial score (nSPS) is 26.6. The minimum atomic E-state index is 0.342. The molecule has 0 aromatic heterocycles. The van der Waals surface area contributed by atoms with Crippen LogP contribution in [0.15, 0.2) is 29.2 Å². The molecule has 0 spiro atoms. The smallest absolute Gasteiger partial charge is 0.0725 e. The Bertz CT molecular complexity index is 393. The van der Waals surface area contributed by atoms with Crippen LogP contribution in [-0.4, -0.2) is 17.5 Å². The quantitative estimate of drug-likeness (QED) is 0.778. The first-order chi connectivity index (χ1) is 8.78. The van der Waals surface area contributed by atoms with Crippen molar-refractivity contribution in [3.05, 3.63) is 29.3 Å². The van der Waals surface area contributed by atoms with Gasteiger partial charge in [0.1, 0.15) is 0 Å². The minimum Gasteiger partial charge on any atom is -0.377 e. The third-order valence-corrected chi connectivity index (χ3v) is 5.94. The van der Waals surface area contributed by atoms with Crippen LogP contribution in [0.2, 0.25) is 5.02 Å². The van der Waals surface area contributed by atoms with E-state index < -0.39 is 0 Å². The molecule has 1 nitrogen and oxygen atoms in total. The van der Waals surface area contributed by atoms with E-state index in [1.54, 1.807) is 0 Å². The van der Waals surface area contributed by atoms with E-state index in [1.165, 1.54) is 43.4 Å². The minimum absolute atomic E-state index is 0.342. The molecule has 0 amide bonds. The first kappa shape index (κ1) is 12.8. The molecule has 0 radical (unpaired) electrons. The van der Waals surface area contributed by atoms with Gasteiger partial charge < -0.3 is 4.74 Å². The molecule has 1 saturated carbocycles. The lowest BCUT2D eigenvalue weighted by molar-refractivity contribution is -0.0274. The van der Waals surface area contributed by atoms with Gasteiger partial charge in [-0.05, 0) is 56.4 Å². The van der Waals surface area contributed by atoms with Gasteiger partial charge in [0.15, 0.2) is 0 Å². The second kappa shape index (κ2) is 5.44. The average Bonchev–Trinajstić information content (AvgIpc) is 2.37. The average molecular weight is 283 g/mol. The standard InChI is InChI=1S/C15H19ClOS/c16-12-5-7-13(8-6-12)18-15(9-3-10-15)14-4-1-2-11-17-14/h5-8,14H,1-4,9-11H2. The highest BCUT2D eigenvalue weighted by Crippen LogP contribution is 2.52. The van der Waals surface area contributed by atoms with Gasteiger partial charge in [-0.1, -0.05) is 18.0 Å². The summed E-state index contributed by atoms with van der Waals surface area (Å²) in [5, 5.41) is 0.816. The van der Waals surface area contributed by atoms with Crippen molar-refractivity contribution in [1.29, 1.82) is 0 Å². The lowest BCUT2D eigenvalue weighted by Gasteiger charge is -2.48. The van der Waals surface area contributed by atoms with Crippen LogP contribution < -0.4 is 0 Å². The molecule has 3 rings (SSSR count). The van der Waals surface area contributed by atoms with Crippen molar-refractivity contribution in [3.8, 4) is 0 Å². The van der Waals surface area contributed by atoms with Gasteiger partial charge in [0.2, 0.25) is 0 Å². The number of ether oxygens (including phenoxy) is 1. The molecule has 0 N–H and O–H groups in total. The summed E-state index contributed by atoms with van der Waals surface area (Å²) in [5.74, 6) is 0. The van der Waals surface area contributed by atoms with Crippen LogP contribution in [0, 0.1) is 0 Å². The first-order valence-corrected chi connectivity index (χ1v) is 8.04. The predicted molar refractivity (Wildman–Crippen MR) is 77.5 cm³/mol. The molecule has 1 aromatic carbocycles. The fourth-order valence-electron chi connectivity index (χ4n) is 2.91. The maximum absolute atomic E-state index is 6.03. The van der Waals surface area contributed by atoms with Crippen LogP contribution >= 0.6 is 23.4 Å². The largest absolute Gasteiger partial charge is 0.377 e. The van der Waals surface area contributed by atoms with Crippen molar-refractivity contribution >= 4 is 23.4 Å². The summed E-state index contributed by atoms with van der Waals surface area (Å²) in [4.78, 5) is 1.33. The molecule has 18 heavy (non-hydrogen) atoms. The highest BCUT2D eigenvalue weighted by Gasteiger charge is 2.46. The van der Waals surface area contributed by atoms with Crippen LogP contribution in [0.4, 0.5) is 0 Å². The molecule has 1 aliphatic heterocycles. The summed E-state index contributed by atoms with van der Waals surface area (Å²) in [6.07, 6.45) is 8.20. The molecular formula is C15H19ClOS. The second-order valence-corrected chi connectivity index (χ2v) is 7.25. The third kappa shape index (κ3) is 2.56. The number of halogens is 1. The van der Waals surface area contributed by atoms with E-state index in [0.29, 0.717) is 10.9 Å². The molecule has 3 heteroatoms. The second-order valence-electron chi connectivity index (χ2n) is 5.33. The molecule has 1 aromatic rings. The molecule has 2 aliphatic rings. The summed E-state index contributed by atoms with van der Waals surface area (Å²) < 4.78 is 6.38. The van der Waals surface area contributed by atoms with Crippen molar-refractivity contribution < 1.29 is 4.74 Å². The van der Waals surface area contributed by atoms with Gasteiger partial charge in [0, 0.05) is 21.3 Å². The number of thioether (sulfide) groups is 1. The summed E-state index contributed by atoms with van der Waals surface area (Å²) in [5.41, 5.74) is 0. The van der Waals surface area contributed by atoms with Crippen LogP contribution in [0.1, 0.15) is 38.5 Å². The van der Waals surface area contributed by atoms with Crippen LogP contribution in [0.5, 0.6) is 0 Å². The summed E-state index contributed by atoms with van der Waals surface area (Å²) in [6.45, 7) is 0.952. The summed E-state index contributed by atoms with van der Waals surface area (Å²) in [6, 6.07) is 8.24. The molecule has 1 unspecified atom stereocenters. The number of rotatable bonds is 3. The monoisotopic (exact) mass is 282 g/mol. The van der Waals surface area contributed by atoms with E-state index in [-0.39, 0.29) is 0 Å². The van der Waals surface area contributed by atoms with E-state index in [4.69, 9.17) is 16.3 Å². The van der Waals surface area contributed by atoms with Crippen molar-refractivity contribution in [2.24, 2.45) is 0 Å². The van der Waals surface area contributed by atoms with Gasteiger partial charge in [0.25, 0.3) is 0 Å². The predicted octanol–water partition coefficient (Wildman–Crippen LogP) is 4.92. The number of hydrogen-bond donors (Lipinski definition) is 0. The number of benzene rings is 1. The van der Waals surface area contributed by atoms with Crippen molar-refractivity contribution in [2.45, 2.75) is 54.3 Å². The topological polar surface area (TPSA) is 9.23 Å². The Kier molecular flexibility index (Phi) is 3.88. The van der Waals surface area contributed by atoms with Crippen molar-refractivity contribution in [1.82, 2.24) is 0 Å². The van der Waals surface area contributed by atoms with Gasteiger partial charge in [-0.15, -0.1) is 11.8 Å². The molecule has 1 atom stereocenters. The molecule has 1 aliphatic carbocycles. The summed E-state index contributed by atoms with van der Waals surface area (Å²) in [7, 11) is 0. The van der Waals surface area contributed by atoms with Crippen LogP contribution in [0.25, 0.3) is 0 Å². The van der Waals surface area contributed by atoms with Gasteiger partial charge >= 0.3 is 0 Å². The van der Waals surface area contributed by atoms with Crippen LogP contribution in [-0.2, 0) is 4.74 Å². The molecular weight excluding hydrogens is 264 g/mol. The van der Waals surface area contributed by atoms with E-state index in [1.807, 2.05) is 23.9 Å². The molecule has 1 heterocycles. The maximum Gasteiger partial charge on any atom is 0.0725 e. The van der Waals surface area contributed by atoms with E-state index in [0.717, 1.165) is 11.6 Å². The zero-order chi connectivity index (χ0) is 12.4. The van der Waals surface area contributed by atoms with E-state index >= 15 is 0 Å². The third-order valence-electron chi connectivity index (χ3n) is 4.10. The maximum atomic E-state index is 6.03. The van der Waals surface area contributed by atoms with Gasteiger partial charge in [-0.3, -0.25) is 0 Å². The van der Waals surface area contributed by atoms with Crippen LogP contribution in [0.3, 0.4) is 0 Å². The van der Waals surface area contributed by atoms with E-state index in [9.17, 15) is 0 Å². The Labute approximate surface area is 118 Å². The molecule has 2 fully saturated rings. The SMILES string of the molecule is Clc1ccc(SC2(C3CCCCO3)CCC2)cc1. The summed E-state index contributed by atoms with van der Waals surface area (Å²) >= 11 is 7.95. The Morgan fingerprint density at radius 2 is 1.89 bits per heavy atom. The highest BCUT2D eigenvalue weighted by atomic mass is 35.5. The highest BCUT2D eigenvalue weighted by molar-refractivity contribution is 8.00. The van der Waals surface area contributed by atoms with Crippen molar-refractivity contribution in [2.75, 3.05) is 6.61 Å². The fraction of sp³-hybridized carbons (Fsp3) is 0.600. The zero-order valence-electron chi connectivity index (χ0n) is 10.5. The van der Waals surface area contributed by atoms with Gasteiger partial charge in [-0.25, -0.2) is 0 Å². The van der Waals surface area contributed by atoms with E-state index in [2.05, 4.69) is 12.1 Å².